The second kappa shape index (κ2) is 9.02. The first-order valence-electron chi connectivity index (χ1n) is 9.56. The molecule has 2 aliphatic heterocycles. The van der Waals surface area contributed by atoms with Crippen LogP contribution in [0.15, 0.2) is 36.4 Å². The van der Waals surface area contributed by atoms with E-state index in [1.54, 1.807) is 41.3 Å². The van der Waals surface area contributed by atoms with Crippen molar-refractivity contribution in [1.82, 2.24) is 4.90 Å². The molecule has 2 aromatic carbocycles. The zero-order valence-corrected chi connectivity index (χ0v) is 17.5. The molecule has 4 rings (SSSR count). The van der Waals surface area contributed by atoms with Crippen molar-refractivity contribution >= 4 is 40.7 Å². The van der Waals surface area contributed by atoms with Gasteiger partial charge in [0.2, 0.25) is 12.7 Å². The second-order valence-corrected chi connectivity index (χ2v) is 7.92. The van der Waals surface area contributed by atoms with Gasteiger partial charge in [0, 0.05) is 41.9 Å². The number of fused-ring (bicyclic) bond motifs is 1. The molecule has 2 aliphatic rings. The van der Waals surface area contributed by atoms with Crippen LogP contribution >= 0.6 is 23.2 Å². The monoisotopic (exact) mass is 450 g/mol. The van der Waals surface area contributed by atoms with Crippen LogP contribution in [0.25, 0.3) is 0 Å². The number of halogens is 2. The fraction of sp³-hybridized carbons (Fsp3) is 0.333. The third kappa shape index (κ3) is 4.74. The van der Waals surface area contributed by atoms with Gasteiger partial charge in [-0.25, -0.2) is 0 Å². The molecular weight excluding hydrogens is 431 g/mol. The van der Waals surface area contributed by atoms with Gasteiger partial charge < -0.3 is 24.4 Å². The third-order valence-electron chi connectivity index (χ3n) is 5.10. The van der Waals surface area contributed by atoms with Gasteiger partial charge in [-0.1, -0.05) is 23.2 Å². The molecule has 1 saturated heterocycles. The van der Waals surface area contributed by atoms with E-state index < -0.39 is 0 Å². The van der Waals surface area contributed by atoms with Crippen LogP contribution in [0.2, 0.25) is 10.0 Å². The van der Waals surface area contributed by atoms with Gasteiger partial charge in [-0.3, -0.25) is 9.59 Å². The Morgan fingerprint density at radius 3 is 2.63 bits per heavy atom. The van der Waals surface area contributed by atoms with E-state index in [0.29, 0.717) is 58.9 Å². The molecule has 0 bridgehead atoms. The van der Waals surface area contributed by atoms with Crippen LogP contribution in [0.1, 0.15) is 12.8 Å². The number of carbonyl (C=O) groups excluding carboxylic acids is 2. The summed E-state index contributed by atoms with van der Waals surface area (Å²) in [5.74, 6) is 1.27. The van der Waals surface area contributed by atoms with Crippen LogP contribution in [-0.2, 0) is 9.59 Å². The maximum absolute atomic E-state index is 12.6. The fourth-order valence-electron chi connectivity index (χ4n) is 3.43. The minimum Gasteiger partial charge on any atom is -0.482 e. The van der Waals surface area contributed by atoms with Gasteiger partial charge in [-0.15, -0.1) is 0 Å². The largest absolute Gasteiger partial charge is 0.482 e. The van der Waals surface area contributed by atoms with E-state index in [4.69, 9.17) is 37.4 Å². The third-order valence-corrected chi connectivity index (χ3v) is 5.65. The number of hydrogen-bond donors (Lipinski definition) is 1. The van der Waals surface area contributed by atoms with E-state index in [1.807, 2.05) is 0 Å². The van der Waals surface area contributed by atoms with Crippen molar-refractivity contribution in [3.05, 3.63) is 46.4 Å². The Kier molecular flexibility index (Phi) is 6.20. The van der Waals surface area contributed by atoms with Crippen LogP contribution in [0, 0.1) is 5.92 Å². The lowest BCUT2D eigenvalue weighted by Crippen LogP contribution is -2.43. The molecule has 0 aliphatic carbocycles. The van der Waals surface area contributed by atoms with Crippen molar-refractivity contribution in [2.75, 3.05) is 31.8 Å². The molecule has 30 heavy (non-hydrogen) atoms. The van der Waals surface area contributed by atoms with Gasteiger partial charge in [0.25, 0.3) is 5.91 Å². The Morgan fingerprint density at radius 2 is 1.83 bits per heavy atom. The summed E-state index contributed by atoms with van der Waals surface area (Å²) in [5.41, 5.74) is 0.662. The number of piperidine rings is 1. The molecule has 0 atom stereocenters. The van der Waals surface area contributed by atoms with E-state index >= 15 is 0 Å². The number of anilines is 1. The molecule has 158 valence electrons. The summed E-state index contributed by atoms with van der Waals surface area (Å²) in [6, 6.07) is 10.1. The summed E-state index contributed by atoms with van der Waals surface area (Å²) in [6.07, 6.45) is 1.17. The van der Waals surface area contributed by atoms with Gasteiger partial charge in [0.1, 0.15) is 5.75 Å². The number of carbonyl (C=O) groups is 2. The van der Waals surface area contributed by atoms with Crippen LogP contribution in [-0.4, -0.2) is 43.2 Å². The van der Waals surface area contributed by atoms with Gasteiger partial charge >= 0.3 is 0 Å². The summed E-state index contributed by atoms with van der Waals surface area (Å²) < 4.78 is 16.1. The zero-order valence-electron chi connectivity index (χ0n) is 16.0. The average Bonchev–Trinajstić information content (AvgIpc) is 3.22. The highest BCUT2D eigenvalue weighted by atomic mass is 35.5. The summed E-state index contributed by atoms with van der Waals surface area (Å²) >= 11 is 12.0. The predicted molar refractivity (Wildman–Crippen MR) is 112 cm³/mol. The van der Waals surface area contributed by atoms with Crippen molar-refractivity contribution < 1.29 is 23.8 Å². The number of likely N-dealkylation sites (tertiary alicyclic amines) is 1. The normalized spacial score (nSPS) is 15.7. The van der Waals surface area contributed by atoms with Crippen molar-refractivity contribution in [2.24, 2.45) is 5.92 Å². The molecule has 0 saturated carbocycles. The van der Waals surface area contributed by atoms with Crippen molar-refractivity contribution in [2.45, 2.75) is 12.8 Å². The van der Waals surface area contributed by atoms with Crippen LogP contribution in [0.3, 0.4) is 0 Å². The predicted octanol–water partition coefficient (Wildman–Crippen LogP) is 3.98. The maximum Gasteiger partial charge on any atom is 0.260 e. The summed E-state index contributed by atoms with van der Waals surface area (Å²) in [4.78, 5) is 26.7. The van der Waals surface area contributed by atoms with Crippen molar-refractivity contribution in [1.29, 1.82) is 0 Å². The maximum atomic E-state index is 12.6. The van der Waals surface area contributed by atoms with Gasteiger partial charge in [-0.05, 0) is 37.1 Å². The van der Waals surface area contributed by atoms with E-state index in [9.17, 15) is 9.59 Å². The second-order valence-electron chi connectivity index (χ2n) is 7.08. The minimum atomic E-state index is -0.164. The molecule has 1 N–H and O–H groups in total. The van der Waals surface area contributed by atoms with E-state index in [2.05, 4.69) is 5.32 Å². The summed E-state index contributed by atoms with van der Waals surface area (Å²) in [7, 11) is 0. The van der Waals surface area contributed by atoms with Crippen LogP contribution in [0.4, 0.5) is 5.69 Å². The lowest BCUT2D eigenvalue weighted by molar-refractivity contribution is -0.136. The number of nitrogens with one attached hydrogen (secondary N) is 1. The Labute approximate surface area is 183 Å². The molecular formula is C21H20Cl2N2O5. The van der Waals surface area contributed by atoms with Crippen molar-refractivity contribution in [3.8, 4) is 17.2 Å². The Morgan fingerprint density at radius 1 is 1.07 bits per heavy atom. The standard InChI is InChI=1S/C21H20Cl2N2O5/c22-14-1-3-16(23)18(9-14)28-11-20(26)25-7-5-13(6-8-25)21(27)24-15-2-4-17-19(10-15)30-12-29-17/h1-4,9-10,13H,5-8,11-12H2,(H,24,27). The van der Waals surface area contributed by atoms with E-state index in [1.165, 1.54) is 0 Å². The number of rotatable bonds is 5. The molecule has 0 aromatic heterocycles. The van der Waals surface area contributed by atoms with Crippen LogP contribution in [0.5, 0.6) is 17.2 Å². The number of hydrogen-bond acceptors (Lipinski definition) is 5. The smallest absolute Gasteiger partial charge is 0.260 e. The van der Waals surface area contributed by atoms with Gasteiger partial charge in [-0.2, -0.15) is 0 Å². The van der Waals surface area contributed by atoms with Crippen molar-refractivity contribution in [3.63, 3.8) is 0 Å². The molecule has 9 heteroatoms. The Balaban J connectivity index is 1.25. The zero-order chi connectivity index (χ0) is 21.1. The number of ether oxygens (including phenoxy) is 3. The number of benzene rings is 2. The highest BCUT2D eigenvalue weighted by Gasteiger charge is 2.28. The number of amides is 2. The SMILES string of the molecule is O=C(Nc1ccc2c(c1)OCO2)C1CCN(C(=O)COc2cc(Cl)ccc2Cl)CC1. The lowest BCUT2D eigenvalue weighted by atomic mass is 9.95. The first-order chi connectivity index (χ1) is 14.5. The molecule has 0 radical (unpaired) electrons. The summed E-state index contributed by atoms with van der Waals surface area (Å²) in [5, 5.41) is 3.79. The van der Waals surface area contributed by atoms with Gasteiger partial charge in [0.05, 0.1) is 5.02 Å². The first-order valence-corrected chi connectivity index (χ1v) is 10.3. The molecule has 2 aromatic rings. The molecule has 1 fully saturated rings. The highest BCUT2D eigenvalue weighted by Crippen LogP contribution is 2.34. The van der Waals surface area contributed by atoms with Gasteiger partial charge in [0.15, 0.2) is 18.1 Å². The topological polar surface area (TPSA) is 77.1 Å². The minimum absolute atomic E-state index is 0.0667. The highest BCUT2D eigenvalue weighted by molar-refractivity contribution is 6.34. The molecule has 0 unspecified atom stereocenters. The van der Waals surface area contributed by atoms with Crippen LogP contribution < -0.4 is 19.5 Å². The molecule has 2 heterocycles. The fourth-order valence-corrected chi connectivity index (χ4v) is 3.76. The molecule has 0 spiro atoms. The quantitative estimate of drug-likeness (QED) is 0.745. The summed E-state index contributed by atoms with van der Waals surface area (Å²) in [6.45, 7) is 1.04. The first kappa shape index (κ1) is 20.6. The molecule has 2 amide bonds. The molecule has 7 nitrogen and oxygen atoms in total. The average molecular weight is 451 g/mol. The van der Waals surface area contributed by atoms with E-state index in [-0.39, 0.29) is 31.1 Å². The Bertz CT molecular complexity index is 960. The van der Waals surface area contributed by atoms with E-state index in [0.717, 1.165) is 0 Å². The number of nitrogens with zero attached hydrogens (tertiary/aromatic N) is 1. The Hall–Kier alpha value is -2.64. The lowest BCUT2D eigenvalue weighted by Gasteiger charge is -2.31.